The van der Waals surface area contributed by atoms with Crippen molar-refractivity contribution in [2.45, 2.75) is 25.4 Å². The van der Waals surface area contributed by atoms with Crippen LogP contribution in [0.2, 0.25) is 0 Å². The van der Waals surface area contributed by atoms with Crippen molar-refractivity contribution in [2.75, 3.05) is 40.5 Å². The van der Waals surface area contributed by atoms with Gasteiger partial charge in [0.1, 0.15) is 0 Å². The van der Waals surface area contributed by atoms with Gasteiger partial charge in [-0.05, 0) is 37.0 Å². The average molecular weight is 359 g/mol. The summed E-state index contributed by atoms with van der Waals surface area (Å²) in [4.78, 5) is 11.8. The first-order valence-electron chi connectivity index (χ1n) is 8.03. The van der Waals surface area contributed by atoms with Crippen LogP contribution < -0.4 is 20.1 Å². The van der Waals surface area contributed by atoms with E-state index >= 15 is 0 Å². The van der Waals surface area contributed by atoms with Crippen LogP contribution in [0.3, 0.4) is 0 Å². The Morgan fingerprint density at radius 1 is 1.29 bits per heavy atom. The van der Waals surface area contributed by atoms with Crippen molar-refractivity contribution < 1.29 is 19.0 Å². The Morgan fingerprint density at radius 3 is 2.75 bits per heavy atom. The van der Waals surface area contributed by atoms with E-state index in [1.54, 1.807) is 14.2 Å². The molecule has 24 heavy (non-hydrogen) atoms. The van der Waals surface area contributed by atoms with Crippen LogP contribution in [0.4, 0.5) is 0 Å². The molecule has 0 radical (unpaired) electrons. The van der Waals surface area contributed by atoms with E-state index in [-0.39, 0.29) is 24.4 Å². The van der Waals surface area contributed by atoms with Crippen LogP contribution in [0, 0.1) is 0 Å². The number of carbonyl (C=O) groups is 1. The van der Waals surface area contributed by atoms with E-state index in [4.69, 9.17) is 14.2 Å². The number of nitrogens with one attached hydrogen (secondary N) is 2. The van der Waals surface area contributed by atoms with Gasteiger partial charge in [-0.2, -0.15) is 0 Å². The lowest BCUT2D eigenvalue weighted by molar-refractivity contribution is -0.120. The van der Waals surface area contributed by atoms with Crippen molar-refractivity contribution >= 4 is 18.3 Å². The number of halogens is 1. The molecule has 1 aromatic rings. The fourth-order valence-electron chi connectivity index (χ4n) is 2.60. The fourth-order valence-corrected chi connectivity index (χ4v) is 2.60. The maximum absolute atomic E-state index is 11.8. The number of hydrogen-bond acceptors (Lipinski definition) is 5. The summed E-state index contributed by atoms with van der Waals surface area (Å²) in [6, 6.07) is 5.78. The Labute approximate surface area is 149 Å². The predicted molar refractivity (Wildman–Crippen MR) is 95.4 cm³/mol. The van der Waals surface area contributed by atoms with E-state index in [2.05, 4.69) is 10.6 Å². The van der Waals surface area contributed by atoms with E-state index < -0.39 is 0 Å². The second-order valence-electron chi connectivity index (χ2n) is 5.56. The zero-order valence-electron chi connectivity index (χ0n) is 14.3. The minimum atomic E-state index is 0. The molecule has 1 fully saturated rings. The quantitative estimate of drug-likeness (QED) is 0.701. The lowest BCUT2D eigenvalue weighted by Gasteiger charge is -2.11. The van der Waals surface area contributed by atoms with Gasteiger partial charge in [0.05, 0.1) is 26.9 Å². The third-order valence-electron chi connectivity index (χ3n) is 3.87. The van der Waals surface area contributed by atoms with Gasteiger partial charge in [-0.25, -0.2) is 0 Å². The predicted octanol–water partition coefficient (Wildman–Crippen LogP) is 1.55. The third-order valence-corrected chi connectivity index (χ3v) is 3.87. The molecule has 1 aromatic carbocycles. The molecule has 7 heteroatoms. The lowest BCUT2D eigenvalue weighted by Crippen LogP contribution is -2.37. The number of rotatable bonds is 9. The second-order valence-corrected chi connectivity index (χ2v) is 5.56. The monoisotopic (exact) mass is 358 g/mol. The molecule has 1 heterocycles. The minimum absolute atomic E-state index is 0. The standard InChI is InChI=1S/C17H26N2O4.ClH/c1-21-15-6-5-13(10-16(15)22-2)7-8-19-17(20)12-18-11-14-4-3-9-23-14;/h5-6,10,14,18H,3-4,7-9,11-12H2,1-2H3,(H,19,20);1H. The largest absolute Gasteiger partial charge is 0.493 e. The van der Waals surface area contributed by atoms with E-state index in [0.717, 1.165) is 38.0 Å². The van der Waals surface area contributed by atoms with Crippen molar-refractivity contribution in [3.05, 3.63) is 23.8 Å². The van der Waals surface area contributed by atoms with Gasteiger partial charge in [-0.3, -0.25) is 4.79 Å². The normalized spacial score (nSPS) is 16.3. The highest BCUT2D eigenvalue weighted by Crippen LogP contribution is 2.27. The number of benzene rings is 1. The van der Waals surface area contributed by atoms with Crippen molar-refractivity contribution in [1.29, 1.82) is 0 Å². The van der Waals surface area contributed by atoms with Crippen LogP contribution >= 0.6 is 12.4 Å². The number of ether oxygens (including phenoxy) is 3. The molecule has 1 aliphatic rings. The van der Waals surface area contributed by atoms with E-state index in [1.165, 1.54) is 0 Å². The molecule has 0 saturated carbocycles. The second kappa shape index (κ2) is 11.1. The van der Waals surface area contributed by atoms with Crippen LogP contribution in [0.15, 0.2) is 18.2 Å². The molecule has 0 bridgehead atoms. The van der Waals surface area contributed by atoms with E-state index in [9.17, 15) is 4.79 Å². The van der Waals surface area contributed by atoms with Gasteiger partial charge < -0.3 is 24.8 Å². The highest BCUT2D eigenvalue weighted by molar-refractivity contribution is 5.85. The fraction of sp³-hybridized carbons (Fsp3) is 0.588. The summed E-state index contributed by atoms with van der Waals surface area (Å²) in [5, 5.41) is 6.04. The number of amides is 1. The zero-order valence-corrected chi connectivity index (χ0v) is 15.1. The molecule has 1 atom stereocenters. The maximum atomic E-state index is 11.8. The first kappa shape index (κ1) is 20.5. The van der Waals surface area contributed by atoms with Crippen LogP contribution in [0.25, 0.3) is 0 Å². The summed E-state index contributed by atoms with van der Waals surface area (Å²) < 4.78 is 16.0. The first-order valence-corrected chi connectivity index (χ1v) is 8.03. The van der Waals surface area contributed by atoms with Gasteiger partial charge in [0, 0.05) is 19.7 Å². The summed E-state index contributed by atoms with van der Waals surface area (Å²) in [7, 11) is 3.23. The highest BCUT2D eigenvalue weighted by Gasteiger charge is 2.15. The SMILES string of the molecule is COc1ccc(CCNC(=O)CNCC2CCCO2)cc1OC.Cl. The maximum Gasteiger partial charge on any atom is 0.233 e. The van der Waals surface area contributed by atoms with Crippen LogP contribution in [0.5, 0.6) is 11.5 Å². The molecule has 6 nitrogen and oxygen atoms in total. The summed E-state index contributed by atoms with van der Waals surface area (Å²) in [6.07, 6.45) is 3.20. The van der Waals surface area contributed by atoms with Gasteiger partial charge >= 0.3 is 0 Å². The van der Waals surface area contributed by atoms with Crippen LogP contribution in [-0.4, -0.2) is 52.5 Å². The van der Waals surface area contributed by atoms with Crippen molar-refractivity contribution in [3.63, 3.8) is 0 Å². The molecule has 1 saturated heterocycles. The van der Waals surface area contributed by atoms with Gasteiger partial charge in [0.15, 0.2) is 11.5 Å². The Bertz CT molecular complexity index is 507. The van der Waals surface area contributed by atoms with Gasteiger partial charge in [-0.15, -0.1) is 12.4 Å². The van der Waals surface area contributed by atoms with E-state index in [0.29, 0.717) is 24.6 Å². The van der Waals surface area contributed by atoms with Crippen molar-refractivity contribution in [2.24, 2.45) is 0 Å². The van der Waals surface area contributed by atoms with Gasteiger partial charge in [-0.1, -0.05) is 6.07 Å². The third kappa shape index (κ3) is 6.55. The molecule has 1 unspecified atom stereocenters. The number of hydrogen-bond donors (Lipinski definition) is 2. The number of carbonyl (C=O) groups excluding carboxylic acids is 1. The molecule has 1 aliphatic heterocycles. The Hall–Kier alpha value is -1.50. The summed E-state index contributed by atoms with van der Waals surface area (Å²) >= 11 is 0. The average Bonchev–Trinajstić information content (AvgIpc) is 3.08. The molecule has 0 aromatic heterocycles. The molecular weight excluding hydrogens is 332 g/mol. The molecule has 1 amide bonds. The smallest absolute Gasteiger partial charge is 0.233 e. The molecule has 0 spiro atoms. The van der Waals surface area contributed by atoms with Crippen molar-refractivity contribution in [1.82, 2.24) is 10.6 Å². The van der Waals surface area contributed by atoms with Crippen LogP contribution in [0.1, 0.15) is 18.4 Å². The van der Waals surface area contributed by atoms with Crippen LogP contribution in [-0.2, 0) is 16.0 Å². The number of methoxy groups -OCH3 is 2. The highest BCUT2D eigenvalue weighted by atomic mass is 35.5. The molecular formula is C17H27ClN2O4. The summed E-state index contributed by atoms with van der Waals surface area (Å²) in [5.41, 5.74) is 1.09. The minimum Gasteiger partial charge on any atom is -0.493 e. The van der Waals surface area contributed by atoms with Gasteiger partial charge in [0.2, 0.25) is 5.91 Å². The zero-order chi connectivity index (χ0) is 16.5. The van der Waals surface area contributed by atoms with E-state index in [1.807, 2.05) is 18.2 Å². The molecule has 2 N–H and O–H groups in total. The molecule has 0 aliphatic carbocycles. The Morgan fingerprint density at radius 2 is 2.08 bits per heavy atom. The Balaban J connectivity index is 0.00000288. The Kier molecular flexibility index (Phi) is 9.52. The summed E-state index contributed by atoms with van der Waals surface area (Å²) in [5.74, 6) is 1.41. The first-order chi connectivity index (χ1) is 11.2. The van der Waals surface area contributed by atoms with Crippen molar-refractivity contribution in [3.8, 4) is 11.5 Å². The topological polar surface area (TPSA) is 68.8 Å². The lowest BCUT2D eigenvalue weighted by atomic mass is 10.1. The summed E-state index contributed by atoms with van der Waals surface area (Å²) in [6.45, 7) is 2.49. The molecule has 2 rings (SSSR count). The van der Waals surface area contributed by atoms with Gasteiger partial charge in [0.25, 0.3) is 0 Å². The molecule has 136 valence electrons.